The number of nitrogens with zero attached hydrogens (tertiary/aromatic N) is 4. The van der Waals surface area contributed by atoms with Crippen molar-refractivity contribution in [1.29, 1.82) is 0 Å². The molecule has 1 heterocycles. The molecule has 6 heteroatoms. The molecule has 0 aliphatic rings. The summed E-state index contributed by atoms with van der Waals surface area (Å²) in [7, 11) is 0. The van der Waals surface area contributed by atoms with E-state index >= 15 is 0 Å². The Morgan fingerprint density at radius 1 is 1.18 bits per heavy atom. The number of carbonyl (C=O) groups is 1. The van der Waals surface area contributed by atoms with Crippen molar-refractivity contribution in [3.63, 3.8) is 0 Å². The van der Waals surface area contributed by atoms with Crippen LogP contribution in [0.4, 0.5) is 0 Å². The van der Waals surface area contributed by atoms with Gasteiger partial charge in [-0.05, 0) is 24.3 Å². The van der Waals surface area contributed by atoms with Gasteiger partial charge in [0.1, 0.15) is 0 Å². The van der Waals surface area contributed by atoms with E-state index in [1.54, 1.807) is 0 Å². The van der Waals surface area contributed by atoms with Gasteiger partial charge in [-0.25, -0.2) is 0 Å². The molecule has 1 rings (SSSR count). The minimum absolute atomic E-state index is 0.250. The number of aromatic nitrogens is 4. The third kappa shape index (κ3) is 3.90. The topological polar surface area (TPSA) is 94.7 Å². The van der Waals surface area contributed by atoms with E-state index in [2.05, 4.69) is 26.4 Å². The Hall–Kier alpha value is -1.59. The van der Waals surface area contributed by atoms with E-state index in [1.165, 1.54) is 0 Å². The predicted octanol–water partition coefficient (Wildman–Crippen LogP) is -1.02. The molecule has 0 unspecified atom stereocenters. The van der Waals surface area contributed by atoms with Crippen molar-refractivity contribution in [2.24, 2.45) is 5.73 Å². The summed E-state index contributed by atoms with van der Waals surface area (Å²) in [6, 6.07) is 0. The van der Waals surface area contributed by atoms with Gasteiger partial charge in [0.25, 0.3) is 0 Å². The van der Waals surface area contributed by atoms with E-state index in [0.717, 1.165) is 11.4 Å². The largest absolute Gasteiger partial charge is 0.372 e. The molecule has 11 heavy (non-hydrogen) atoms. The molecular formula is C5H9N5O. The molecule has 1 amide bonds. The Morgan fingerprint density at radius 3 is 1.64 bits per heavy atom. The third-order valence-corrected chi connectivity index (χ3v) is 0.953. The molecule has 0 saturated heterocycles. The van der Waals surface area contributed by atoms with Crippen molar-refractivity contribution in [2.75, 3.05) is 0 Å². The molecule has 0 atom stereocenters. The van der Waals surface area contributed by atoms with Crippen molar-refractivity contribution in [1.82, 2.24) is 20.6 Å². The molecule has 1 aromatic heterocycles. The summed E-state index contributed by atoms with van der Waals surface area (Å²) in [5, 5.41) is 14.0. The summed E-state index contributed by atoms with van der Waals surface area (Å²) < 4.78 is 0. The molecule has 6 nitrogen and oxygen atoms in total. The normalized spacial score (nSPS) is 7.82. The summed E-state index contributed by atoms with van der Waals surface area (Å²) in [5.74, 6) is 0. The number of hydrogen-bond donors (Lipinski definition) is 1. The molecular weight excluding hydrogens is 146 g/mol. The van der Waals surface area contributed by atoms with Crippen LogP contribution in [-0.4, -0.2) is 27.0 Å². The summed E-state index contributed by atoms with van der Waals surface area (Å²) >= 11 is 0. The summed E-state index contributed by atoms with van der Waals surface area (Å²) in [6.07, 6.45) is 0.250. The summed E-state index contributed by atoms with van der Waals surface area (Å²) in [6.45, 7) is 3.69. The zero-order valence-electron chi connectivity index (χ0n) is 6.35. The molecule has 0 bridgehead atoms. The molecule has 0 aromatic carbocycles. The second-order valence-corrected chi connectivity index (χ2v) is 1.69. The maximum atomic E-state index is 8.58. The van der Waals surface area contributed by atoms with Gasteiger partial charge in [-0.2, -0.15) is 0 Å². The Bertz CT molecular complexity index is 205. The van der Waals surface area contributed by atoms with Crippen LogP contribution in [-0.2, 0) is 4.79 Å². The minimum Gasteiger partial charge on any atom is -0.372 e. The van der Waals surface area contributed by atoms with Gasteiger partial charge in [0.05, 0.1) is 11.4 Å². The lowest BCUT2D eigenvalue weighted by molar-refractivity contribution is -0.106. The predicted molar refractivity (Wildman–Crippen MR) is 37.3 cm³/mol. The molecule has 1 aromatic rings. The van der Waals surface area contributed by atoms with Gasteiger partial charge in [-0.3, -0.25) is 4.79 Å². The molecule has 60 valence electrons. The summed E-state index contributed by atoms with van der Waals surface area (Å²) in [4.78, 5) is 8.58. The van der Waals surface area contributed by atoms with Crippen LogP contribution in [0.2, 0.25) is 0 Å². The monoisotopic (exact) mass is 155 g/mol. The van der Waals surface area contributed by atoms with Crippen molar-refractivity contribution >= 4 is 6.41 Å². The molecule has 0 fully saturated rings. The first-order valence-electron chi connectivity index (χ1n) is 2.87. The fourth-order valence-electron chi connectivity index (χ4n) is 0.319. The average molecular weight is 155 g/mol. The minimum atomic E-state index is 0.250. The molecule has 0 saturated carbocycles. The van der Waals surface area contributed by atoms with E-state index in [4.69, 9.17) is 4.79 Å². The smallest absolute Gasteiger partial charge is 0.204 e. The van der Waals surface area contributed by atoms with E-state index < -0.39 is 0 Å². The van der Waals surface area contributed by atoms with Crippen LogP contribution in [0.25, 0.3) is 0 Å². The van der Waals surface area contributed by atoms with E-state index in [9.17, 15) is 0 Å². The average Bonchev–Trinajstić information content (AvgIpc) is 1.97. The van der Waals surface area contributed by atoms with Crippen molar-refractivity contribution in [2.45, 2.75) is 13.8 Å². The maximum absolute atomic E-state index is 8.58. The fourth-order valence-corrected chi connectivity index (χ4v) is 0.319. The highest BCUT2D eigenvalue weighted by atomic mass is 16.1. The highest BCUT2D eigenvalue weighted by molar-refractivity contribution is 5.42. The molecule has 0 spiro atoms. The third-order valence-electron chi connectivity index (χ3n) is 0.953. The second-order valence-electron chi connectivity index (χ2n) is 1.69. The molecule has 0 aliphatic carbocycles. The van der Waals surface area contributed by atoms with Crippen LogP contribution in [0.5, 0.6) is 0 Å². The van der Waals surface area contributed by atoms with Crippen LogP contribution < -0.4 is 5.73 Å². The lowest BCUT2D eigenvalue weighted by Crippen LogP contribution is -1.97. The number of carbonyl (C=O) groups excluding carboxylic acids is 1. The van der Waals surface area contributed by atoms with Crippen LogP contribution in [0.1, 0.15) is 11.4 Å². The zero-order chi connectivity index (χ0) is 8.69. The Morgan fingerprint density at radius 2 is 1.45 bits per heavy atom. The lowest BCUT2D eigenvalue weighted by atomic mass is 10.4. The van der Waals surface area contributed by atoms with Crippen LogP contribution in [0.3, 0.4) is 0 Å². The first-order chi connectivity index (χ1) is 5.22. The highest BCUT2D eigenvalue weighted by Crippen LogP contribution is 1.89. The van der Waals surface area contributed by atoms with Crippen LogP contribution in [0, 0.1) is 13.8 Å². The van der Waals surface area contributed by atoms with Crippen molar-refractivity contribution in [3.05, 3.63) is 11.4 Å². The van der Waals surface area contributed by atoms with Gasteiger partial charge in [-0.15, -0.1) is 10.2 Å². The fraction of sp³-hybridized carbons (Fsp3) is 0.400. The van der Waals surface area contributed by atoms with Crippen molar-refractivity contribution < 1.29 is 4.79 Å². The van der Waals surface area contributed by atoms with Gasteiger partial charge in [-0.1, -0.05) is 0 Å². The van der Waals surface area contributed by atoms with Crippen LogP contribution >= 0.6 is 0 Å². The SMILES string of the molecule is Cc1nnnnc1C.NC=O. The standard InChI is InChI=1S/C4H6N4.CH3NO/c1-3-4(2)6-8-7-5-3;2-1-3/h1-2H3;1H,(H2,2,3). The van der Waals surface area contributed by atoms with Gasteiger partial charge in [0, 0.05) is 0 Å². The quantitative estimate of drug-likeness (QED) is 0.484. The van der Waals surface area contributed by atoms with Gasteiger partial charge in [0.2, 0.25) is 6.41 Å². The number of aryl methyl sites for hydroxylation is 2. The Kier molecular flexibility index (Phi) is 4.46. The highest BCUT2D eigenvalue weighted by Gasteiger charge is 1.90. The van der Waals surface area contributed by atoms with Crippen LogP contribution in [0.15, 0.2) is 0 Å². The van der Waals surface area contributed by atoms with Gasteiger partial charge in [0.15, 0.2) is 0 Å². The first-order valence-corrected chi connectivity index (χ1v) is 2.87. The van der Waals surface area contributed by atoms with Gasteiger partial charge >= 0.3 is 0 Å². The second kappa shape index (κ2) is 5.21. The maximum Gasteiger partial charge on any atom is 0.204 e. The van der Waals surface area contributed by atoms with E-state index in [0.29, 0.717) is 0 Å². The van der Waals surface area contributed by atoms with Gasteiger partial charge < -0.3 is 5.73 Å². The molecule has 0 aliphatic heterocycles. The summed E-state index contributed by atoms with van der Waals surface area (Å²) in [5.41, 5.74) is 5.83. The molecule has 2 N–H and O–H groups in total. The zero-order valence-corrected chi connectivity index (χ0v) is 6.35. The number of nitrogens with two attached hydrogens (primary N) is 1. The number of rotatable bonds is 0. The molecule has 0 radical (unpaired) electrons. The van der Waals surface area contributed by atoms with Crippen molar-refractivity contribution in [3.8, 4) is 0 Å². The Labute approximate surface area is 63.8 Å². The number of amides is 1. The lowest BCUT2D eigenvalue weighted by Gasteiger charge is -1.87. The number of primary amides is 1. The van der Waals surface area contributed by atoms with E-state index in [-0.39, 0.29) is 6.41 Å². The number of hydrogen-bond acceptors (Lipinski definition) is 5. The van der Waals surface area contributed by atoms with E-state index in [1.807, 2.05) is 13.8 Å². The Balaban J connectivity index is 0.000000292. The first kappa shape index (κ1) is 9.41.